The number of nitrogens with zero attached hydrogens (tertiary/aromatic N) is 2. The van der Waals surface area contributed by atoms with Crippen molar-refractivity contribution in [2.75, 3.05) is 36.0 Å². The Bertz CT molecular complexity index is 768. The highest BCUT2D eigenvalue weighted by Crippen LogP contribution is 2.23. The fourth-order valence-corrected chi connectivity index (χ4v) is 4.83. The van der Waals surface area contributed by atoms with Gasteiger partial charge in [-0.25, -0.2) is 13.2 Å². The highest BCUT2D eigenvalue weighted by atomic mass is 35.5. The molecule has 0 spiro atoms. The van der Waals surface area contributed by atoms with Gasteiger partial charge in [0.15, 0.2) is 9.84 Å². The molecule has 2 fully saturated rings. The van der Waals surface area contributed by atoms with E-state index in [0.717, 1.165) is 0 Å². The number of amides is 3. The second kappa shape index (κ2) is 6.60. The topological polar surface area (TPSA) is 86.8 Å². The molecule has 1 N–H and O–H groups in total. The van der Waals surface area contributed by atoms with Crippen LogP contribution in [0.25, 0.3) is 0 Å². The Morgan fingerprint density at radius 1 is 1.33 bits per heavy atom. The van der Waals surface area contributed by atoms with Crippen molar-refractivity contribution in [3.8, 4) is 0 Å². The van der Waals surface area contributed by atoms with E-state index < -0.39 is 9.84 Å². The molecular weight excluding hydrogens is 354 g/mol. The van der Waals surface area contributed by atoms with E-state index in [-0.39, 0.29) is 36.0 Å². The van der Waals surface area contributed by atoms with E-state index in [1.807, 2.05) is 0 Å². The average molecular weight is 372 g/mol. The summed E-state index contributed by atoms with van der Waals surface area (Å²) in [5.41, 5.74) is 0.692. The third kappa shape index (κ3) is 3.81. The van der Waals surface area contributed by atoms with Gasteiger partial charge < -0.3 is 10.2 Å². The van der Waals surface area contributed by atoms with Gasteiger partial charge in [0.1, 0.15) is 6.54 Å². The number of carbonyl (C=O) groups is 2. The first-order valence-electron chi connectivity index (χ1n) is 7.66. The number of carbonyl (C=O) groups excluding carboxylic acids is 2. The number of urea groups is 1. The van der Waals surface area contributed by atoms with Gasteiger partial charge in [0.2, 0.25) is 5.91 Å². The summed E-state index contributed by atoms with van der Waals surface area (Å²) < 4.78 is 22.8. The molecule has 9 heteroatoms. The number of rotatable bonds is 4. The van der Waals surface area contributed by atoms with Crippen LogP contribution in [0.5, 0.6) is 0 Å². The average Bonchev–Trinajstić information content (AvgIpc) is 3.02. The molecular formula is C15H18ClN3O4S. The highest BCUT2D eigenvalue weighted by Gasteiger charge is 2.33. The lowest BCUT2D eigenvalue weighted by Crippen LogP contribution is -2.44. The number of hydrogen-bond donors (Lipinski definition) is 1. The molecule has 130 valence electrons. The van der Waals surface area contributed by atoms with E-state index >= 15 is 0 Å². The van der Waals surface area contributed by atoms with Gasteiger partial charge in [-0.3, -0.25) is 9.69 Å². The van der Waals surface area contributed by atoms with Crippen LogP contribution in [0.4, 0.5) is 10.5 Å². The van der Waals surface area contributed by atoms with Gasteiger partial charge in [-0.1, -0.05) is 17.7 Å². The quantitative estimate of drug-likeness (QED) is 0.851. The monoisotopic (exact) mass is 371 g/mol. The summed E-state index contributed by atoms with van der Waals surface area (Å²) in [5.74, 6) is -0.261. The first-order valence-corrected chi connectivity index (χ1v) is 9.86. The molecule has 1 aromatic rings. The molecule has 0 aliphatic carbocycles. The molecule has 2 heterocycles. The molecule has 0 saturated carbocycles. The Morgan fingerprint density at radius 3 is 2.79 bits per heavy atom. The van der Waals surface area contributed by atoms with E-state index in [2.05, 4.69) is 5.32 Å². The van der Waals surface area contributed by atoms with Crippen molar-refractivity contribution >= 4 is 39.1 Å². The van der Waals surface area contributed by atoms with Gasteiger partial charge in [-0.05, 0) is 24.6 Å². The summed E-state index contributed by atoms with van der Waals surface area (Å²) in [5, 5.41) is 3.23. The standard InChI is InChI=1S/C15H18ClN3O4S/c16-11-2-1-3-13(8-11)19-6-5-18(15(19)21)9-14(20)17-12-4-7-24(22,23)10-12/h1-3,8,12H,4-7,9-10H2,(H,17,20). The van der Waals surface area contributed by atoms with Gasteiger partial charge in [-0.15, -0.1) is 0 Å². The number of sulfone groups is 1. The van der Waals surface area contributed by atoms with Crippen LogP contribution in [0.3, 0.4) is 0 Å². The Labute approximate surface area is 145 Å². The number of anilines is 1. The molecule has 2 aliphatic heterocycles. The number of halogens is 1. The number of hydrogen-bond acceptors (Lipinski definition) is 4. The van der Waals surface area contributed by atoms with Crippen LogP contribution in [-0.2, 0) is 14.6 Å². The zero-order chi connectivity index (χ0) is 17.3. The first kappa shape index (κ1) is 17.0. The summed E-state index contributed by atoms with van der Waals surface area (Å²) in [6.45, 7) is 0.832. The van der Waals surface area contributed by atoms with Gasteiger partial charge in [0.25, 0.3) is 0 Å². The Hall–Kier alpha value is -1.80. The van der Waals surface area contributed by atoms with Crippen LogP contribution in [-0.4, -0.2) is 62.4 Å². The van der Waals surface area contributed by atoms with Crippen molar-refractivity contribution in [3.63, 3.8) is 0 Å². The van der Waals surface area contributed by atoms with Gasteiger partial charge in [0, 0.05) is 29.8 Å². The number of nitrogens with one attached hydrogen (secondary N) is 1. The van der Waals surface area contributed by atoms with Crippen LogP contribution in [0.2, 0.25) is 5.02 Å². The summed E-state index contributed by atoms with van der Waals surface area (Å²) >= 11 is 5.95. The van der Waals surface area contributed by atoms with Gasteiger partial charge in [-0.2, -0.15) is 0 Å². The Kier molecular flexibility index (Phi) is 4.69. The van der Waals surface area contributed by atoms with Crippen molar-refractivity contribution in [1.82, 2.24) is 10.2 Å². The molecule has 7 nitrogen and oxygen atoms in total. The Balaban J connectivity index is 1.57. The maximum atomic E-state index is 12.4. The summed E-state index contributed by atoms with van der Waals surface area (Å²) in [7, 11) is -3.04. The molecule has 0 radical (unpaired) electrons. The maximum Gasteiger partial charge on any atom is 0.325 e. The lowest BCUT2D eigenvalue weighted by atomic mass is 10.2. The van der Waals surface area contributed by atoms with Crippen molar-refractivity contribution < 1.29 is 18.0 Å². The Morgan fingerprint density at radius 2 is 2.12 bits per heavy atom. The summed E-state index contributed by atoms with van der Waals surface area (Å²) in [6.07, 6.45) is 0.427. The fraction of sp³-hybridized carbons (Fsp3) is 0.467. The molecule has 1 atom stereocenters. The SMILES string of the molecule is O=C(CN1CCN(c2cccc(Cl)c2)C1=O)NC1CCS(=O)(=O)C1. The zero-order valence-corrected chi connectivity index (χ0v) is 14.5. The van der Waals surface area contributed by atoms with Gasteiger partial charge >= 0.3 is 6.03 Å². The minimum atomic E-state index is -3.04. The molecule has 1 aromatic carbocycles. The van der Waals surface area contributed by atoms with Crippen LogP contribution in [0.15, 0.2) is 24.3 Å². The second-order valence-corrected chi connectivity index (χ2v) is 8.67. The molecule has 24 heavy (non-hydrogen) atoms. The molecule has 3 rings (SSSR count). The molecule has 3 amide bonds. The van der Waals surface area contributed by atoms with E-state index in [0.29, 0.717) is 30.2 Å². The third-order valence-corrected chi connectivity index (χ3v) is 6.15. The van der Waals surface area contributed by atoms with E-state index in [1.165, 1.54) is 4.90 Å². The molecule has 2 aliphatic rings. The van der Waals surface area contributed by atoms with Crippen LogP contribution < -0.4 is 10.2 Å². The molecule has 1 unspecified atom stereocenters. The third-order valence-electron chi connectivity index (χ3n) is 4.15. The minimum absolute atomic E-state index is 0.0265. The maximum absolute atomic E-state index is 12.4. The second-order valence-electron chi connectivity index (χ2n) is 6.00. The van der Waals surface area contributed by atoms with Crippen molar-refractivity contribution in [3.05, 3.63) is 29.3 Å². The van der Waals surface area contributed by atoms with E-state index in [4.69, 9.17) is 11.6 Å². The lowest BCUT2D eigenvalue weighted by Gasteiger charge is -2.19. The van der Waals surface area contributed by atoms with E-state index in [9.17, 15) is 18.0 Å². The normalized spacial score (nSPS) is 22.9. The minimum Gasteiger partial charge on any atom is -0.351 e. The predicted octanol–water partition coefficient (Wildman–Crippen LogP) is 0.885. The molecule has 0 bridgehead atoms. The highest BCUT2D eigenvalue weighted by molar-refractivity contribution is 7.91. The van der Waals surface area contributed by atoms with Crippen molar-refractivity contribution in [2.24, 2.45) is 0 Å². The largest absolute Gasteiger partial charge is 0.351 e. The lowest BCUT2D eigenvalue weighted by molar-refractivity contribution is -0.122. The number of benzene rings is 1. The summed E-state index contributed by atoms with van der Waals surface area (Å²) in [4.78, 5) is 27.5. The van der Waals surface area contributed by atoms with Crippen LogP contribution in [0.1, 0.15) is 6.42 Å². The van der Waals surface area contributed by atoms with Crippen molar-refractivity contribution in [1.29, 1.82) is 0 Å². The van der Waals surface area contributed by atoms with Crippen LogP contribution in [0, 0.1) is 0 Å². The fourth-order valence-electron chi connectivity index (χ4n) is 2.97. The van der Waals surface area contributed by atoms with Crippen LogP contribution >= 0.6 is 11.6 Å². The van der Waals surface area contributed by atoms with Crippen molar-refractivity contribution in [2.45, 2.75) is 12.5 Å². The molecule has 0 aromatic heterocycles. The summed E-state index contributed by atoms with van der Waals surface area (Å²) in [6, 6.07) is 6.37. The predicted molar refractivity (Wildman–Crippen MR) is 91.0 cm³/mol. The van der Waals surface area contributed by atoms with Gasteiger partial charge in [0.05, 0.1) is 11.5 Å². The molecule has 2 saturated heterocycles. The first-order chi connectivity index (χ1) is 11.3. The smallest absolute Gasteiger partial charge is 0.325 e. The zero-order valence-electron chi connectivity index (χ0n) is 12.9. The van der Waals surface area contributed by atoms with E-state index in [1.54, 1.807) is 29.2 Å².